The van der Waals surface area contributed by atoms with Crippen molar-refractivity contribution in [2.75, 3.05) is 14.2 Å². The van der Waals surface area contributed by atoms with Gasteiger partial charge in [0.15, 0.2) is 0 Å². The van der Waals surface area contributed by atoms with Gasteiger partial charge in [-0.1, -0.05) is 23.2 Å². The summed E-state index contributed by atoms with van der Waals surface area (Å²) in [6, 6.07) is 8.31. The van der Waals surface area contributed by atoms with Gasteiger partial charge in [-0.2, -0.15) is 18.4 Å². The zero-order chi connectivity index (χ0) is 19.3. The highest BCUT2D eigenvalue weighted by Gasteiger charge is 2.21. The Morgan fingerprint density at radius 3 is 2.38 bits per heavy atom. The van der Waals surface area contributed by atoms with Crippen LogP contribution in [0.15, 0.2) is 40.3 Å². The van der Waals surface area contributed by atoms with Crippen LogP contribution in [0, 0.1) is 6.92 Å². The van der Waals surface area contributed by atoms with Gasteiger partial charge in [-0.25, -0.2) is 0 Å². The summed E-state index contributed by atoms with van der Waals surface area (Å²) in [5.74, 6) is 0.669. The third-order valence-corrected chi connectivity index (χ3v) is 5.55. The van der Waals surface area contributed by atoms with Gasteiger partial charge in [0.2, 0.25) is 0 Å². The zero-order valence-electron chi connectivity index (χ0n) is 14.4. The van der Waals surface area contributed by atoms with Gasteiger partial charge in [0, 0.05) is 12.7 Å². The van der Waals surface area contributed by atoms with Crippen LogP contribution in [-0.4, -0.2) is 28.9 Å². The normalized spacial score (nSPS) is 11.7. The number of benzene rings is 2. The highest BCUT2D eigenvalue weighted by molar-refractivity contribution is 7.89. The molecule has 9 heteroatoms. The van der Waals surface area contributed by atoms with Gasteiger partial charge < -0.3 is 9.47 Å². The van der Waals surface area contributed by atoms with Crippen LogP contribution in [0.1, 0.15) is 16.7 Å². The van der Waals surface area contributed by atoms with Gasteiger partial charge in [0.05, 0.1) is 30.0 Å². The summed E-state index contributed by atoms with van der Waals surface area (Å²) in [6.07, 6.45) is 1.37. The first-order chi connectivity index (χ1) is 12.3. The highest BCUT2D eigenvalue weighted by atomic mass is 35.5. The monoisotopic (exact) mass is 416 g/mol. The molecule has 0 spiro atoms. The lowest BCUT2D eigenvalue weighted by atomic mass is 10.1. The maximum atomic E-state index is 12.4. The number of halogens is 2. The molecule has 0 saturated carbocycles. The Kier molecular flexibility index (Phi) is 6.88. The predicted octanol–water partition coefficient (Wildman–Crippen LogP) is 3.77. The lowest BCUT2D eigenvalue weighted by molar-refractivity contribution is 0.181. The summed E-state index contributed by atoms with van der Waals surface area (Å²) in [7, 11) is -0.869. The Morgan fingerprint density at radius 1 is 1.15 bits per heavy atom. The molecule has 0 aliphatic heterocycles. The minimum Gasteiger partial charge on any atom is -0.496 e. The second-order valence-electron chi connectivity index (χ2n) is 5.41. The van der Waals surface area contributed by atoms with Crippen LogP contribution < -0.4 is 9.57 Å². The molecule has 0 bridgehead atoms. The second kappa shape index (κ2) is 8.73. The minimum atomic E-state index is -4.00. The molecule has 0 unspecified atom stereocenters. The molecule has 0 amide bonds. The maximum Gasteiger partial charge on any atom is 0.279 e. The molecule has 0 aliphatic carbocycles. The smallest absolute Gasteiger partial charge is 0.279 e. The number of hydrogen-bond acceptors (Lipinski definition) is 5. The Balaban J connectivity index is 2.24. The molecule has 2 aromatic rings. The van der Waals surface area contributed by atoms with Gasteiger partial charge in [0.25, 0.3) is 10.0 Å². The van der Waals surface area contributed by atoms with Crippen molar-refractivity contribution in [3.05, 3.63) is 57.1 Å². The van der Waals surface area contributed by atoms with Gasteiger partial charge in [-0.3, -0.25) is 0 Å². The van der Waals surface area contributed by atoms with Crippen LogP contribution >= 0.6 is 23.2 Å². The summed E-state index contributed by atoms with van der Waals surface area (Å²) in [5, 5.41) is 3.85. The number of rotatable bonds is 7. The SMILES string of the molecule is COCc1cc(C=NNS(=O)(=O)c2c(Cl)cc(C)cc2Cl)ccc1OC. The lowest BCUT2D eigenvalue weighted by Gasteiger charge is -2.09. The highest BCUT2D eigenvalue weighted by Crippen LogP contribution is 2.30. The molecule has 6 nitrogen and oxygen atoms in total. The van der Waals surface area contributed by atoms with E-state index in [1.165, 1.54) is 18.3 Å². The first-order valence-electron chi connectivity index (χ1n) is 7.45. The number of ether oxygens (including phenoxy) is 2. The van der Waals surface area contributed by atoms with Crippen LogP contribution in [0.25, 0.3) is 0 Å². The summed E-state index contributed by atoms with van der Waals surface area (Å²) >= 11 is 12.0. The van der Waals surface area contributed by atoms with Crippen molar-refractivity contribution in [3.8, 4) is 5.75 Å². The Bertz CT molecular complexity index is 907. The average Bonchev–Trinajstić information content (AvgIpc) is 2.54. The quantitative estimate of drug-likeness (QED) is 0.550. The summed E-state index contributed by atoms with van der Waals surface area (Å²) < 4.78 is 35.2. The molecule has 0 aliphatic rings. The van der Waals surface area contributed by atoms with Crippen LogP contribution in [-0.2, 0) is 21.4 Å². The van der Waals surface area contributed by atoms with E-state index in [-0.39, 0.29) is 14.9 Å². The number of methoxy groups -OCH3 is 2. The predicted molar refractivity (Wildman–Crippen MR) is 103 cm³/mol. The van der Waals surface area contributed by atoms with E-state index < -0.39 is 10.0 Å². The van der Waals surface area contributed by atoms with E-state index in [2.05, 4.69) is 9.93 Å². The molecule has 0 aromatic heterocycles. The Labute approximate surface area is 162 Å². The van der Waals surface area contributed by atoms with Crippen LogP contribution in [0.2, 0.25) is 10.0 Å². The van der Waals surface area contributed by atoms with Gasteiger partial charge in [-0.05, 0) is 48.4 Å². The summed E-state index contributed by atoms with van der Waals surface area (Å²) in [6.45, 7) is 2.12. The summed E-state index contributed by atoms with van der Waals surface area (Å²) in [4.78, 5) is 1.91. The molecule has 2 aromatic carbocycles. The van der Waals surface area contributed by atoms with Crippen molar-refractivity contribution >= 4 is 39.4 Å². The molecule has 0 fully saturated rings. The lowest BCUT2D eigenvalue weighted by Crippen LogP contribution is -2.19. The van der Waals surface area contributed by atoms with Crippen molar-refractivity contribution in [1.82, 2.24) is 4.83 Å². The molecular weight excluding hydrogens is 399 g/mol. The fourth-order valence-electron chi connectivity index (χ4n) is 2.31. The van der Waals surface area contributed by atoms with Crippen molar-refractivity contribution in [1.29, 1.82) is 0 Å². The van der Waals surface area contributed by atoms with E-state index in [1.807, 2.05) is 0 Å². The van der Waals surface area contributed by atoms with Crippen molar-refractivity contribution in [3.63, 3.8) is 0 Å². The molecule has 0 heterocycles. The topological polar surface area (TPSA) is 77.0 Å². The Morgan fingerprint density at radius 2 is 1.81 bits per heavy atom. The third kappa shape index (κ3) is 4.88. The van der Waals surface area contributed by atoms with E-state index in [0.29, 0.717) is 17.9 Å². The zero-order valence-corrected chi connectivity index (χ0v) is 16.7. The standard InChI is InChI=1S/C17H18Cl2N2O4S/c1-11-6-14(18)17(15(19)7-11)26(22,23)21-20-9-12-4-5-16(25-3)13(8-12)10-24-2/h4-9,21H,10H2,1-3H3. The molecule has 140 valence electrons. The molecule has 1 N–H and O–H groups in total. The molecular formula is C17H18Cl2N2O4S. The van der Waals surface area contributed by atoms with Crippen LogP contribution in [0.4, 0.5) is 0 Å². The number of hydrogen-bond donors (Lipinski definition) is 1. The third-order valence-electron chi connectivity index (χ3n) is 3.40. The fraction of sp³-hybridized carbons (Fsp3) is 0.235. The van der Waals surface area contributed by atoms with Gasteiger partial charge >= 0.3 is 0 Å². The van der Waals surface area contributed by atoms with E-state index >= 15 is 0 Å². The van der Waals surface area contributed by atoms with E-state index in [9.17, 15) is 8.42 Å². The molecule has 0 saturated heterocycles. The number of nitrogens with one attached hydrogen (secondary N) is 1. The van der Waals surface area contributed by atoms with Crippen molar-refractivity contribution < 1.29 is 17.9 Å². The van der Waals surface area contributed by atoms with Crippen molar-refractivity contribution in [2.24, 2.45) is 5.10 Å². The largest absolute Gasteiger partial charge is 0.496 e. The van der Waals surface area contributed by atoms with E-state index in [1.54, 1.807) is 39.3 Å². The molecule has 2 rings (SSSR count). The van der Waals surface area contributed by atoms with Gasteiger partial charge in [-0.15, -0.1) is 0 Å². The van der Waals surface area contributed by atoms with E-state index in [4.69, 9.17) is 32.7 Å². The molecule has 0 radical (unpaired) electrons. The maximum absolute atomic E-state index is 12.4. The average molecular weight is 417 g/mol. The Hall–Kier alpha value is -1.80. The van der Waals surface area contributed by atoms with Crippen LogP contribution in [0.3, 0.4) is 0 Å². The molecule has 0 atom stereocenters. The number of sulfonamides is 1. The number of nitrogens with zero attached hydrogens (tertiary/aromatic N) is 1. The minimum absolute atomic E-state index is 0.0320. The van der Waals surface area contributed by atoms with E-state index in [0.717, 1.165) is 11.1 Å². The fourth-order valence-corrected chi connectivity index (χ4v) is 4.43. The first-order valence-corrected chi connectivity index (χ1v) is 9.68. The van der Waals surface area contributed by atoms with Crippen molar-refractivity contribution in [2.45, 2.75) is 18.4 Å². The second-order valence-corrected chi connectivity index (χ2v) is 7.83. The van der Waals surface area contributed by atoms with Gasteiger partial charge in [0.1, 0.15) is 10.6 Å². The first kappa shape index (κ1) is 20.5. The molecule has 26 heavy (non-hydrogen) atoms. The summed E-state index contributed by atoms with van der Waals surface area (Å²) in [5.41, 5.74) is 2.24. The van der Waals surface area contributed by atoms with Crippen LogP contribution in [0.5, 0.6) is 5.75 Å². The number of hydrazone groups is 1. The number of aryl methyl sites for hydroxylation is 1.